The van der Waals surface area contributed by atoms with E-state index in [-0.39, 0.29) is 0 Å². The van der Waals surface area contributed by atoms with Crippen LogP contribution in [0.15, 0.2) is 4.99 Å². The maximum Gasteiger partial charge on any atom is 0.191 e. The van der Waals surface area contributed by atoms with Crippen molar-refractivity contribution >= 4 is 5.96 Å². The zero-order valence-electron chi connectivity index (χ0n) is 8.05. The van der Waals surface area contributed by atoms with E-state index in [0.717, 1.165) is 38.5 Å². The van der Waals surface area contributed by atoms with E-state index in [2.05, 4.69) is 15.6 Å². The summed E-state index contributed by atoms with van der Waals surface area (Å²) in [4.78, 5) is 4.28. The van der Waals surface area contributed by atoms with Crippen LogP contribution in [-0.2, 0) is 4.74 Å². The molecule has 2 N–H and O–H groups in total. The summed E-state index contributed by atoms with van der Waals surface area (Å²) in [6.07, 6.45) is 2.72. The third kappa shape index (κ3) is 2.12. The highest BCUT2D eigenvalue weighted by Crippen LogP contribution is 2.22. The Morgan fingerprint density at radius 3 is 3.08 bits per heavy atom. The maximum absolute atomic E-state index is 5.47. The molecule has 0 aromatic heterocycles. The molecule has 4 nitrogen and oxygen atoms in total. The van der Waals surface area contributed by atoms with Crippen molar-refractivity contribution < 1.29 is 4.74 Å². The lowest BCUT2D eigenvalue weighted by Gasteiger charge is -2.35. The largest absolute Gasteiger partial charge is 0.378 e. The van der Waals surface area contributed by atoms with E-state index in [1.165, 1.54) is 0 Å². The quantitative estimate of drug-likeness (QED) is 0.652. The third-order valence-electron chi connectivity index (χ3n) is 2.51. The molecular weight excluding hydrogens is 166 g/mol. The number of guanidine groups is 1. The molecule has 1 saturated carbocycles. The van der Waals surface area contributed by atoms with Crippen molar-refractivity contribution in [1.82, 2.24) is 10.6 Å². The SMILES string of the molecule is CCOC1CC(NC2=NCCN2)C1. The van der Waals surface area contributed by atoms with Crippen molar-refractivity contribution in [2.24, 2.45) is 4.99 Å². The van der Waals surface area contributed by atoms with Gasteiger partial charge in [0.25, 0.3) is 0 Å². The zero-order chi connectivity index (χ0) is 9.10. The molecule has 0 radical (unpaired) electrons. The zero-order valence-corrected chi connectivity index (χ0v) is 8.05. The van der Waals surface area contributed by atoms with E-state index >= 15 is 0 Å². The highest BCUT2D eigenvalue weighted by molar-refractivity contribution is 5.81. The first-order valence-corrected chi connectivity index (χ1v) is 5.05. The first kappa shape index (κ1) is 8.81. The minimum Gasteiger partial charge on any atom is -0.378 e. The van der Waals surface area contributed by atoms with Gasteiger partial charge in [0.2, 0.25) is 0 Å². The first-order chi connectivity index (χ1) is 6.38. The summed E-state index contributed by atoms with van der Waals surface area (Å²) < 4.78 is 5.47. The van der Waals surface area contributed by atoms with E-state index in [1.807, 2.05) is 6.92 Å². The number of aliphatic imine (C=N–C) groups is 1. The molecule has 1 heterocycles. The van der Waals surface area contributed by atoms with Crippen molar-refractivity contribution in [3.05, 3.63) is 0 Å². The fraction of sp³-hybridized carbons (Fsp3) is 0.889. The molecule has 0 amide bonds. The van der Waals surface area contributed by atoms with Gasteiger partial charge < -0.3 is 15.4 Å². The predicted octanol–water partition coefficient (Wildman–Crippen LogP) is 0.103. The molecule has 1 fully saturated rings. The molecule has 74 valence electrons. The highest BCUT2D eigenvalue weighted by atomic mass is 16.5. The lowest BCUT2D eigenvalue weighted by molar-refractivity contribution is -0.00573. The van der Waals surface area contributed by atoms with Gasteiger partial charge >= 0.3 is 0 Å². The minimum atomic E-state index is 0.476. The van der Waals surface area contributed by atoms with E-state index in [4.69, 9.17) is 4.74 Å². The monoisotopic (exact) mass is 183 g/mol. The average molecular weight is 183 g/mol. The minimum absolute atomic E-state index is 0.476. The molecule has 4 heteroatoms. The van der Waals surface area contributed by atoms with Crippen molar-refractivity contribution in [2.75, 3.05) is 19.7 Å². The summed E-state index contributed by atoms with van der Waals surface area (Å²) in [5.74, 6) is 0.972. The molecule has 0 atom stereocenters. The van der Waals surface area contributed by atoms with Gasteiger partial charge in [0.1, 0.15) is 0 Å². The van der Waals surface area contributed by atoms with Crippen LogP contribution in [-0.4, -0.2) is 37.8 Å². The third-order valence-corrected chi connectivity index (χ3v) is 2.51. The van der Waals surface area contributed by atoms with Crippen LogP contribution in [0, 0.1) is 0 Å². The van der Waals surface area contributed by atoms with Crippen LogP contribution in [0.5, 0.6) is 0 Å². The molecule has 0 saturated heterocycles. The van der Waals surface area contributed by atoms with E-state index in [1.54, 1.807) is 0 Å². The topological polar surface area (TPSA) is 45.6 Å². The fourth-order valence-electron chi connectivity index (χ4n) is 1.74. The van der Waals surface area contributed by atoms with Crippen LogP contribution < -0.4 is 10.6 Å². The second kappa shape index (κ2) is 3.96. The molecule has 2 aliphatic rings. The van der Waals surface area contributed by atoms with Crippen LogP contribution in [0.1, 0.15) is 19.8 Å². The molecule has 13 heavy (non-hydrogen) atoms. The predicted molar refractivity (Wildman–Crippen MR) is 51.9 cm³/mol. The Morgan fingerprint density at radius 1 is 1.62 bits per heavy atom. The summed E-state index contributed by atoms with van der Waals surface area (Å²) in [6, 6.07) is 0.570. The molecule has 1 aliphatic carbocycles. The lowest BCUT2D eigenvalue weighted by Crippen LogP contribution is -2.50. The molecular formula is C9H17N3O. The maximum atomic E-state index is 5.47. The van der Waals surface area contributed by atoms with Gasteiger partial charge in [0, 0.05) is 19.2 Å². The summed E-state index contributed by atoms with van der Waals surface area (Å²) in [5.41, 5.74) is 0. The standard InChI is InChI=1S/C9H17N3O/c1-2-13-8-5-7(6-8)12-9-10-3-4-11-9/h7-8H,2-6H2,1H3,(H2,10,11,12). The lowest BCUT2D eigenvalue weighted by atomic mass is 9.89. The van der Waals surface area contributed by atoms with Crippen LogP contribution in [0.25, 0.3) is 0 Å². The summed E-state index contributed by atoms with van der Waals surface area (Å²) in [7, 11) is 0. The number of nitrogens with one attached hydrogen (secondary N) is 2. The Bertz CT molecular complexity index is 199. The highest BCUT2D eigenvalue weighted by Gasteiger charge is 2.30. The molecule has 0 aromatic carbocycles. The number of hydrogen-bond donors (Lipinski definition) is 2. The Kier molecular flexibility index (Phi) is 2.68. The summed E-state index contributed by atoms with van der Waals surface area (Å²) >= 11 is 0. The van der Waals surface area contributed by atoms with Crippen molar-refractivity contribution in [1.29, 1.82) is 0 Å². The van der Waals surface area contributed by atoms with E-state index in [9.17, 15) is 0 Å². The first-order valence-electron chi connectivity index (χ1n) is 5.05. The van der Waals surface area contributed by atoms with Gasteiger partial charge in [-0.3, -0.25) is 4.99 Å². The Labute approximate surface area is 78.8 Å². The normalized spacial score (nSPS) is 31.9. The molecule has 0 spiro atoms. The molecule has 0 unspecified atom stereocenters. The Balaban J connectivity index is 1.63. The van der Waals surface area contributed by atoms with Crippen molar-refractivity contribution in [3.8, 4) is 0 Å². The van der Waals surface area contributed by atoms with Crippen molar-refractivity contribution in [3.63, 3.8) is 0 Å². The van der Waals surface area contributed by atoms with Gasteiger partial charge in [-0.05, 0) is 19.8 Å². The number of hydrogen-bond acceptors (Lipinski definition) is 4. The smallest absolute Gasteiger partial charge is 0.191 e. The molecule has 0 bridgehead atoms. The van der Waals surface area contributed by atoms with E-state index in [0.29, 0.717) is 12.1 Å². The van der Waals surface area contributed by atoms with Gasteiger partial charge in [-0.2, -0.15) is 0 Å². The molecule has 0 aromatic rings. The fourth-order valence-corrected chi connectivity index (χ4v) is 1.74. The van der Waals surface area contributed by atoms with Gasteiger partial charge in [0.15, 0.2) is 5.96 Å². The summed E-state index contributed by atoms with van der Waals surface area (Å²) in [6.45, 7) is 4.76. The van der Waals surface area contributed by atoms with Crippen LogP contribution in [0.4, 0.5) is 0 Å². The summed E-state index contributed by atoms with van der Waals surface area (Å²) in [5, 5.41) is 6.56. The van der Waals surface area contributed by atoms with Gasteiger partial charge in [-0.1, -0.05) is 0 Å². The molecule has 2 rings (SSSR count). The van der Waals surface area contributed by atoms with Crippen LogP contribution in [0.2, 0.25) is 0 Å². The van der Waals surface area contributed by atoms with Gasteiger partial charge in [-0.15, -0.1) is 0 Å². The number of rotatable bonds is 3. The van der Waals surface area contributed by atoms with Crippen LogP contribution in [0.3, 0.4) is 0 Å². The average Bonchev–Trinajstić information content (AvgIpc) is 2.53. The van der Waals surface area contributed by atoms with Gasteiger partial charge in [-0.25, -0.2) is 0 Å². The molecule has 1 aliphatic heterocycles. The number of nitrogens with zero attached hydrogens (tertiary/aromatic N) is 1. The Morgan fingerprint density at radius 2 is 2.46 bits per heavy atom. The van der Waals surface area contributed by atoms with E-state index < -0.39 is 0 Å². The van der Waals surface area contributed by atoms with Crippen molar-refractivity contribution in [2.45, 2.75) is 31.9 Å². The second-order valence-electron chi connectivity index (χ2n) is 3.55. The Hall–Kier alpha value is -0.770. The second-order valence-corrected chi connectivity index (χ2v) is 3.55. The van der Waals surface area contributed by atoms with Gasteiger partial charge in [0.05, 0.1) is 12.6 Å². The van der Waals surface area contributed by atoms with Crippen LogP contribution >= 0.6 is 0 Å². The number of ether oxygens (including phenoxy) is 1.